The van der Waals surface area contributed by atoms with E-state index in [1.165, 1.54) is 4.90 Å². The predicted molar refractivity (Wildman–Crippen MR) is 81.0 cm³/mol. The van der Waals surface area contributed by atoms with Gasteiger partial charge in [-0.25, -0.2) is 14.0 Å². The molecule has 1 aliphatic rings. The van der Waals surface area contributed by atoms with Gasteiger partial charge in [-0.2, -0.15) is 0 Å². The van der Waals surface area contributed by atoms with Gasteiger partial charge in [0.25, 0.3) is 0 Å². The number of ether oxygens (including phenoxy) is 1. The molecule has 0 saturated carbocycles. The maximum absolute atomic E-state index is 14.0. The molecule has 2 rings (SSSR count). The Morgan fingerprint density at radius 3 is 2.59 bits per heavy atom. The van der Waals surface area contributed by atoms with Gasteiger partial charge in [0.15, 0.2) is 5.82 Å². The summed E-state index contributed by atoms with van der Waals surface area (Å²) in [6.07, 6.45) is 1.06. The minimum absolute atomic E-state index is 0.109. The van der Waals surface area contributed by atoms with Crippen LogP contribution in [0.1, 0.15) is 47.3 Å². The van der Waals surface area contributed by atoms with Gasteiger partial charge >= 0.3 is 12.1 Å². The normalized spacial score (nSPS) is 17.8. The third kappa shape index (κ3) is 3.40. The number of carbonyl (C=O) groups is 2. The maximum atomic E-state index is 14.0. The number of thiophene rings is 1. The lowest BCUT2D eigenvalue weighted by molar-refractivity contribution is 0.0210. The van der Waals surface area contributed by atoms with E-state index in [2.05, 4.69) is 0 Å². The number of hydrogen-bond donors (Lipinski definition) is 1. The summed E-state index contributed by atoms with van der Waals surface area (Å²) in [7, 11) is 1.66. The zero-order valence-corrected chi connectivity index (χ0v) is 13.9. The maximum Gasteiger partial charge on any atom is 0.410 e. The molecule has 0 radical (unpaired) electrons. The molecule has 1 aliphatic carbocycles. The second kappa shape index (κ2) is 5.87. The van der Waals surface area contributed by atoms with Gasteiger partial charge in [0.1, 0.15) is 10.5 Å². The first-order valence-corrected chi connectivity index (χ1v) is 7.91. The first-order valence-electron chi connectivity index (χ1n) is 7.09. The molecule has 1 unspecified atom stereocenters. The zero-order valence-electron chi connectivity index (χ0n) is 13.1. The molecule has 1 aromatic heterocycles. The van der Waals surface area contributed by atoms with Crippen molar-refractivity contribution in [3.63, 3.8) is 0 Å². The van der Waals surface area contributed by atoms with E-state index in [4.69, 9.17) is 9.84 Å². The number of carbonyl (C=O) groups excluding carboxylic acids is 1. The molecule has 0 aromatic carbocycles. The molecule has 1 atom stereocenters. The summed E-state index contributed by atoms with van der Waals surface area (Å²) in [5, 5.41) is 8.99. The number of fused-ring (bicyclic) bond motifs is 1. The van der Waals surface area contributed by atoms with Gasteiger partial charge < -0.3 is 14.7 Å². The Bertz CT molecular complexity index is 605. The van der Waals surface area contributed by atoms with Gasteiger partial charge in [-0.15, -0.1) is 11.3 Å². The topological polar surface area (TPSA) is 66.8 Å². The van der Waals surface area contributed by atoms with Gasteiger partial charge in [-0.1, -0.05) is 0 Å². The van der Waals surface area contributed by atoms with Crippen LogP contribution in [0.3, 0.4) is 0 Å². The van der Waals surface area contributed by atoms with Crippen molar-refractivity contribution in [2.75, 3.05) is 7.05 Å². The molecule has 0 bridgehead atoms. The fraction of sp³-hybridized carbons (Fsp3) is 0.600. The van der Waals surface area contributed by atoms with Crippen molar-refractivity contribution in [3.05, 3.63) is 21.1 Å². The Balaban J connectivity index is 2.13. The summed E-state index contributed by atoms with van der Waals surface area (Å²) in [6, 6.07) is -0.109. The minimum Gasteiger partial charge on any atom is -0.477 e. The van der Waals surface area contributed by atoms with Gasteiger partial charge in [0, 0.05) is 30.0 Å². The van der Waals surface area contributed by atoms with E-state index in [0.717, 1.165) is 11.3 Å². The second-order valence-corrected chi connectivity index (χ2v) is 7.55. The van der Waals surface area contributed by atoms with E-state index in [-0.39, 0.29) is 10.9 Å². The first-order chi connectivity index (χ1) is 10.1. The van der Waals surface area contributed by atoms with Crippen molar-refractivity contribution in [1.29, 1.82) is 0 Å². The molecule has 0 fully saturated rings. The van der Waals surface area contributed by atoms with Crippen LogP contribution in [-0.4, -0.2) is 40.8 Å². The summed E-state index contributed by atoms with van der Waals surface area (Å²) in [5.74, 6) is -1.86. The van der Waals surface area contributed by atoms with Gasteiger partial charge in [0.05, 0.1) is 0 Å². The molecule has 1 N–H and O–H groups in total. The Kier molecular flexibility index (Phi) is 4.47. The third-order valence-corrected chi connectivity index (χ3v) is 4.82. The highest BCUT2D eigenvalue weighted by molar-refractivity contribution is 7.14. The van der Waals surface area contributed by atoms with Crippen LogP contribution in [0, 0.1) is 5.82 Å². The van der Waals surface area contributed by atoms with Crippen LogP contribution in [0.4, 0.5) is 9.18 Å². The number of likely N-dealkylation sites (N-methyl/N-ethyl adjacent to an activating group) is 1. The number of carboxylic acid groups (broad SMARTS) is 1. The van der Waals surface area contributed by atoms with Crippen LogP contribution < -0.4 is 0 Å². The van der Waals surface area contributed by atoms with E-state index >= 15 is 0 Å². The molecule has 0 aliphatic heterocycles. The Morgan fingerprint density at radius 2 is 2.05 bits per heavy atom. The van der Waals surface area contributed by atoms with Crippen molar-refractivity contribution < 1.29 is 23.8 Å². The minimum atomic E-state index is -1.24. The monoisotopic (exact) mass is 329 g/mol. The van der Waals surface area contributed by atoms with Crippen LogP contribution in [0.2, 0.25) is 0 Å². The van der Waals surface area contributed by atoms with E-state index in [1.807, 2.05) is 0 Å². The molecule has 22 heavy (non-hydrogen) atoms. The van der Waals surface area contributed by atoms with Crippen molar-refractivity contribution in [1.82, 2.24) is 4.90 Å². The number of amides is 1. The van der Waals surface area contributed by atoms with Crippen LogP contribution >= 0.6 is 11.3 Å². The second-order valence-electron chi connectivity index (χ2n) is 6.44. The summed E-state index contributed by atoms with van der Waals surface area (Å²) in [6.45, 7) is 5.39. The Hall–Kier alpha value is -1.63. The van der Waals surface area contributed by atoms with Crippen molar-refractivity contribution in [2.45, 2.75) is 51.7 Å². The number of halogens is 1. The van der Waals surface area contributed by atoms with Crippen LogP contribution in [0.25, 0.3) is 0 Å². The van der Waals surface area contributed by atoms with E-state index in [0.29, 0.717) is 29.7 Å². The summed E-state index contributed by atoms with van der Waals surface area (Å²) >= 11 is 0.963. The number of hydrogen-bond acceptors (Lipinski definition) is 4. The lowest BCUT2D eigenvalue weighted by atomic mass is 9.93. The summed E-state index contributed by atoms with van der Waals surface area (Å²) in [4.78, 5) is 25.1. The van der Waals surface area contributed by atoms with Crippen LogP contribution in [0.5, 0.6) is 0 Å². The molecule has 122 valence electrons. The molecule has 1 aromatic rings. The fourth-order valence-corrected chi connectivity index (χ4v) is 3.62. The van der Waals surface area contributed by atoms with Gasteiger partial charge in [0.2, 0.25) is 0 Å². The Labute approximate surface area is 132 Å². The number of rotatable bonds is 2. The van der Waals surface area contributed by atoms with Gasteiger partial charge in [-0.05, 0) is 33.6 Å². The van der Waals surface area contributed by atoms with E-state index in [9.17, 15) is 14.0 Å². The lowest BCUT2D eigenvalue weighted by Gasteiger charge is -2.32. The highest BCUT2D eigenvalue weighted by Crippen LogP contribution is 2.34. The zero-order chi connectivity index (χ0) is 16.7. The molecule has 0 spiro atoms. The Morgan fingerprint density at radius 1 is 1.41 bits per heavy atom. The van der Waals surface area contributed by atoms with Crippen molar-refractivity contribution >= 4 is 23.4 Å². The molecule has 0 saturated heterocycles. The highest BCUT2D eigenvalue weighted by Gasteiger charge is 2.32. The van der Waals surface area contributed by atoms with Crippen LogP contribution in [-0.2, 0) is 17.6 Å². The third-order valence-electron chi connectivity index (χ3n) is 3.60. The SMILES string of the molecule is CN(C(=O)OC(C)(C)C)C1CCc2c(sc(C(=O)O)c2F)C1. The average molecular weight is 329 g/mol. The molecule has 1 heterocycles. The van der Waals surface area contributed by atoms with E-state index in [1.54, 1.807) is 27.8 Å². The van der Waals surface area contributed by atoms with Gasteiger partial charge in [-0.3, -0.25) is 0 Å². The standard InChI is InChI=1S/C15H20FNO4S/c1-15(2,3)21-14(20)17(4)8-5-6-9-10(7-8)22-12(11(9)16)13(18)19/h8H,5-7H2,1-4H3,(H,18,19). The largest absolute Gasteiger partial charge is 0.477 e. The summed E-state index contributed by atoms with van der Waals surface area (Å²) in [5.41, 5.74) is -0.0901. The first kappa shape index (κ1) is 16.7. The van der Waals surface area contributed by atoms with Crippen LogP contribution in [0.15, 0.2) is 0 Å². The number of aromatic carboxylic acids is 1. The predicted octanol–water partition coefficient (Wildman–Crippen LogP) is 3.31. The highest BCUT2D eigenvalue weighted by atomic mass is 32.1. The fourth-order valence-electron chi connectivity index (χ4n) is 2.48. The van der Waals surface area contributed by atoms with E-state index < -0.39 is 23.5 Å². The molecular weight excluding hydrogens is 309 g/mol. The molecule has 7 heteroatoms. The quantitative estimate of drug-likeness (QED) is 0.904. The molecule has 1 amide bonds. The lowest BCUT2D eigenvalue weighted by Crippen LogP contribution is -2.43. The number of carboxylic acids is 1. The van der Waals surface area contributed by atoms with Crippen molar-refractivity contribution in [2.24, 2.45) is 0 Å². The molecule has 5 nitrogen and oxygen atoms in total. The van der Waals surface area contributed by atoms with Crippen molar-refractivity contribution in [3.8, 4) is 0 Å². The number of nitrogens with zero attached hydrogens (tertiary/aromatic N) is 1. The average Bonchev–Trinajstić information content (AvgIpc) is 2.73. The summed E-state index contributed by atoms with van der Waals surface area (Å²) < 4.78 is 19.3. The smallest absolute Gasteiger partial charge is 0.410 e. The molecular formula is C15H20FNO4S.